The number of fused-ring (bicyclic) bond motifs is 1. The number of amides is 1. The minimum atomic E-state index is 0.0288. The van der Waals surface area contributed by atoms with Crippen molar-refractivity contribution < 1.29 is 9.53 Å². The van der Waals surface area contributed by atoms with E-state index in [9.17, 15) is 4.79 Å². The van der Waals surface area contributed by atoms with Crippen LogP contribution in [-0.4, -0.2) is 34.5 Å². The van der Waals surface area contributed by atoms with Crippen molar-refractivity contribution in [3.63, 3.8) is 0 Å². The number of likely N-dealkylation sites (N-methyl/N-ethyl adjacent to an activating group) is 1. The maximum atomic E-state index is 13.0. The van der Waals surface area contributed by atoms with Gasteiger partial charge in [0.15, 0.2) is 0 Å². The first-order valence-electron chi connectivity index (χ1n) is 9.53. The number of para-hydroxylation sites is 2. The Balaban J connectivity index is 1.68. The van der Waals surface area contributed by atoms with Gasteiger partial charge in [-0.2, -0.15) is 0 Å². The normalized spacial score (nSPS) is 10.8. The Bertz CT molecular complexity index is 1140. The quantitative estimate of drug-likeness (QED) is 0.495. The number of methoxy groups -OCH3 is 1. The van der Waals surface area contributed by atoms with Gasteiger partial charge in [-0.15, -0.1) is 0 Å². The van der Waals surface area contributed by atoms with E-state index in [1.807, 2.05) is 90.5 Å². The molecule has 3 aromatic carbocycles. The van der Waals surface area contributed by atoms with E-state index in [0.717, 1.165) is 33.7 Å². The molecule has 0 N–H and O–H groups in total. The predicted octanol–water partition coefficient (Wildman–Crippen LogP) is 4.37. The Labute approximate surface area is 170 Å². The van der Waals surface area contributed by atoms with E-state index in [0.29, 0.717) is 6.54 Å². The van der Waals surface area contributed by atoms with Crippen LogP contribution in [0.15, 0.2) is 78.9 Å². The number of hydrogen-bond acceptors (Lipinski definition) is 3. The van der Waals surface area contributed by atoms with Gasteiger partial charge in [0.1, 0.15) is 18.1 Å². The fourth-order valence-corrected chi connectivity index (χ4v) is 3.42. The van der Waals surface area contributed by atoms with Crippen molar-refractivity contribution in [1.82, 2.24) is 14.5 Å². The summed E-state index contributed by atoms with van der Waals surface area (Å²) in [5.41, 5.74) is 3.82. The molecular formula is C24H23N3O2. The second-order valence-electron chi connectivity index (χ2n) is 6.98. The third-order valence-electron chi connectivity index (χ3n) is 4.96. The zero-order chi connectivity index (χ0) is 20.2. The molecule has 0 saturated heterocycles. The Kier molecular flexibility index (Phi) is 5.29. The van der Waals surface area contributed by atoms with Crippen LogP contribution in [-0.2, 0) is 17.9 Å². The number of nitrogens with zero attached hydrogens (tertiary/aromatic N) is 3. The van der Waals surface area contributed by atoms with E-state index in [1.165, 1.54) is 0 Å². The highest BCUT2D eigenvalue weighted by Crippen LogP contribution is 2.27. The molecular weight excluding hydrogens is 362 g/mol. The topological polar surface area (TPSA) is 47.4 Å². The lowest BCUT2D eigenvalue weighted by Gasteiger charge is -2.19. The van der Waals surface area contributed by atoms with Gasteiger partial charge < -0.3 is 14.2 Å². The number of rotatable bonds is 6. The molecule has 29 heavy (non-hydrogen) atoms. The Morgan fingerprint density at radius 3 is 2.55 bits per heavy atom. The number of hydrogen-bond donors (Lipinski definition) is 0. The number of carbonyl (C=O) groups is 1. The van der Waals surface area contributed by atoms with Crippen molar-refractivity contribution in [2.24, 2.45) is 0 Å². The highest BCUT2D eigenvalue weighted by atomic mass is 16.5. The molecule has 0 spiro atoms. The molecule has 0 saturated carbocycles. The molecule has 0 radical (unpaired) electrons. The molecule has 1 amide bonds. The number of ether oxygens (including phenoxy) is 1. The summed E-state index contributed by atoms with van der Waals surface area (Å²) in [6.45, 7) is 0.789. The number of aromatic nitrogens is 2. The molecule has 5 heteroatoms. The van der Waals surface area contributed by atoms with Crippen molar-refractivity contribution in [3.8, 4) is 17.1 Å². The first-order valence-corrected chi connectivity index (χ1v) is 9.53. The summed E-state index contributed by atoms with van der Waals surface area (Å²) < 4.78 is 7.34. The summed E-state index contributed by atoms with van der Waals surface area (Å²) in [6, 6.07) is 25.6. The molecule has 5 nitrogen and oxygen atoms in total. The van der Waals surface area contributed by atoms with Gasteiger partial charge in [0.05, 0.1) is 18.1 Å². The highest BCUT2D eigenvalue weighted by molar-refractivity contribution is 5.84. The van der Waals surface area contributed by atoms with Gasteiger partial charge in [-0.1, -0.05) is 54.6 Å². The van der Waals surface area contributed by atoms with Crippen LogP contribution in [0.5, 0.6) is 5.75 Å². The van der Waals surface area contributed by atoms with Gasteiger partial charge in [-0.25, -0.2) is 4.98 Å². The second-order valence-corrected chi connectivity index (χ2v) is 6.98. The van der Waals surface area contributed by atoms with Crippen LogP contribution < -0.4 is 4.74 Å². The molecule has 0 fully saturated rings. The summed E-state index contributed by atoms with van der Waals surface area (Å²) in [5.74, 6) is 1.54. The monoisotopic (exact) mass is 385 g/mol. The van der Waals surface area contributed by atoms with E-state index in [-0.39, 0.29) is 12.5 Å². The molecule has 0 bridgehead atoms. The van der Waals surface area contributed by atoms with Crippen molar-refractivity contribution in [2.75, 3.05) is 14.2 Å². The van der Waals surface area contributed by atoms with Crippen LogP contribution in [0.4, 0.5) is 0 Å². The zero-order valence-corrected chi connectivity index (χ0v) is 16.6. The molecule has 146 valence electrons. The molecule has 0 atom stereocenters. The molecule has 1 heterocycles. The number of carbonyl (C=O) groups excluding carboxylic acids is 1. The molecule has 0 aliphatic carbocycles. The van der Waals surface area contributed by atoms with E-state index in [2.05, 4.69) is 0 Å². The molecule has 4 aromatic rings. The Morgan fingerprint density at radius 2 is 1.76 bits per heavy atom. The highest BCUT2D eigenvalue weighted by Gasteiger charge is 2.17. The van der Waals surface area contributed by atoms with Crippen LogP contribution in [0.2, 0.25) is 0 Å². The summed E-state index contributed by atoms with van der Waals surface area (Å²) in [6.07, 6.45) is 0. The van der Waals surface area contributed by atoms with E-state index < -0.39 is 0 Å². The molecule has 4 rings (SSSR count). The summed E-state index contributed by atoms with van der Waals surface area (Å²) in [4.78, 5) is 19.6. The van der Waals surface area contributed by atoms with Gasteiger partial charge in [-0.3, -0.25) is 4.79 Å². The maximum absolute atomic E-state index is 13.0. The van der Waals surface area contributed by atoms with Gasteiger partial charge in [-0.05, 0) is 29.8 Å². The zero-order valence-electron chi connectivity index (χ0n) is 16.6. The minimum absolute atomic E-state index is 0.0288. The van der Waals surface area contributed by atoms with Gasteiger partial charge >= 0.3 is 0 Å². The first kappa shape index (κ1) is 18.7. The average Bonchev–Trinajstić information content (AvgIpc) is 3.13. The van der Waals surface area contributed by atoms with Crippen LogP contribution in [0.25, 0.3) is 22.4 Å². The lowest BCUT2D eigenvalue weighted by Crippen LogP contribution is -2.30. The average molecular weight is 385 g/mol. The maximum Gasteiger partial charge on any atom is 0.242 e. The lowest BCUT2D eigenvalue weighted by atomic mass is 10.2. The number of imidazole rings is 1. The SMILES string of the molecule is COc1cccc(-c2nc3ccccc3n2CC(=O)N(C)Cc2ccccc2)c1. The van der Waals surface area contributed by atoms with Crippen LogP contribution in [0, 0.1) is 0 Å². The summed E-state index contributed by atoms with van der Waals surface area (Å²) >= 11 is 0. The van der Waals surface area contributed by atoms with Crippen LogP contribution in [0.1, 0.15) is 5.56 Å². The number of benzene rings is 3. The molecule has 0 aliphatic rings. The Morgan fingerprint density at radius 1 is 1.00 bits per heavy atom. The lowest BCUT2D eigenvalue weighted by molar-refractivity contribution is -0.130. The summed E-state index contributed by atoms with van der Waals surface area (Å²) in [7, 11) is 3.48. The van der Waals surface area contributed by atoms with E-state index in [1.54, 1.807) is 12.0 Å². The summed E-state index contributed by atoms with van der Waals surface area (Å²) in [5, 5.41) is 0. The molecule has 0 unspecified atom stereocenters. The van der Waals surface area contributed by atoms with Crippen LogP contribution in [0.3, 0.4) is 0 Å². The third kappa shape index (κ3) is 3.99. The smallest absolute Gasteiger partial charge is 0.242 e. The molecule has 0 aliphatic heterocycles. The van der Waals surface area contributed by atoms with E-state index >= 15 is 0 Å². The van der Waals surface area contributed by atoms with Gasteiger partial charge in [0.2, 0.25) is 5.91 Å². The van der Waals surface area contributed by atoms with Crippen molar-refractivity contribution in [1.29, 1.82) is 0 Å². The standard InChI is InChI=1S/C24H23N3O2/c1-26(16-18-9-4-3-5-10-18)23(28)17-27-22-14-7-6-13-21(22)25-24(27)19-11-8-12-20(15-19)29-2/h3-15H,16-17H2,1-2H3. The van der Waals surface area contributed by atoms with E-state index in [4.69, 9.17) is 9.72 Å². The fraction of sp³-hybridized carbons (Fsp3) is 0.167. The second kappa shape index (κ2) is 8.19. The predicted molar refractivity (Wildman–Crippen MR) is 115 cm³/mol. The van der Waals surface area contributed by atoms with Gasteiger partial charge in [0, 0.05) is 19.2 Å². The van der Waals surface area contributed by atoms with Crippen molar-refractivity contribution >= 4 is 16.9 Å². The Hall–Kier alpha value is -3.60. The minimum Gasteiger partial charge on any atom is -0.497 e. The van der Waals surface area contributed by atoms with Crippen molar-refractivity contribution in [2.45, 2.75) is 13.1 Å². The van der Waals surface area contributed by atoms with Crippen LogP contribution >= 0.6 is 0 Å². The third-order valence-corrected chi connectivity index (χ3v) is 4.96. The van der Waals surface area contributed by atoms with Gasteiger partial charge in [0.25, 0.3) is 0 Å². The van der Waals surface area contributed by atoms with Crippen molar-refractivity contribution in [3.05, 3.63) is 84.4 Å². The first-order chi connectivity index (χ1) is 14.2. The molecule has 1 aromatic heterocycles. The largest absolute Gasteiger partial charge is 0.497 e. The fourth-order valence-electron chi connectivity index (χ4n) is 3.42.